The lowest BCUT2D eigenvalue weighted by molar-refractivity contribution is 0.691. The highest BCUT2D eigenvalue weighted by molar-refractivity contribution is 6.42. The quantitative estimate of drug-likeness (QED) is 0.886. The maximum atomic E-state index is 6.07. The summed E-state index contributed by atoms with van der Waals surface area (Å²) in [5.41, 5.74) is 7.58. The Morgan fingerprint density at radius 2 is 2.19 bits per heavy atom. The van der Waals surface area contributed by atoms with Crippen LogP contribution in [0.25, 0.3) is 0 Å². The molecule has 16 heavy (non-hydrogen) atoms. The van der Waals surface area contributed by atoms with Crippen molar-refractivity contribution in [3.05, 3.63) is 45.7 Å². The third kappa shape index (κ3) is 2.35. The molecule has 0 saturated carbocycles. The highest BCUT2D eigenvalue weighted by Gasteiger charge is 2.12. The van der Waals surface area contributed by atoms with Crippen molar-refractivity contribution in [1.82, 2.24) is 15.4 Å². The van der Waals surface area contributed by atoms with E-state index in [1.54, 1.807) is 12.3 Å². The molecule has 1 aromatic carbocycles. The summed E-state index contributed by atoms with van der Waals surface area (Å²) in [4.78, 5) is 0. The van der Waals surface area contributed by atoms with Crippen LogP contribution in [0.15, 0.2) is 24.4 Å². The highest BCUT2D eigenvalue weighted by atomic mass is 35.5. The van der Waals surface area contributed by atoms with Gasteiger partial charge in [0.1, 0.15) is 0 Å². The fourth-order valence-corrected chi connectivity index (χ4v) is 1.83. The first-order valence-corrected chi connectivity index (χ1v) is 5.48. The van der Waals surface area contributed by atoms with Gasteiger partial charge in [-0.3, -0.25) is 0 Å². The molecule has 0 amide bonds. The van der Waals surface area contributed by atoms with Crippen LogP contribution in [0.3, 0.4) is 0 Å². The Hall–Kier alpha value is -1.10. The van der Waals surface area contributed by atoms with Crippen molar-refractivity contribution < 1.29 is 0 Å². The Morgan fingerprint density at radius 3 is 2.88 bits per heavy atom. The lowest BCUT2D eigenvalue weighted by Crippen LogP contribution is -2.14. The second-order valence-corrected chi connectivity index (χ2v) is 4.20. The molecule has 4 nitrogen and oxygen atoms in total. The molecule has 1 heterocycles. The monoisotopic (exact) mass is 256 g/mol. The van der Waals surface area contributed by atoms with Gasteiger partial charge in [-0.15, -0.1) is 0 Å². The maximum Gasteiger partial charge on any atom is 0.0995 e. The first-order chi connectivity index (χ1) is 7.68. The molecule has 6 heteroatoms. The molecule has 0 aliphatic rings. The molecular weight excluding hydrogens is 247 g/mol. The van der Waals surface area contributed by atoms with Crippen molar-refractivity contribution in [3.8, 4) is 0 Å². The van der Waals surface area contributed by atoms with Crippen molar-refractivity contribution in [2.75, 3.05) is 0 Å². The summed E-state index contributed by atoms with van der Waals surface area (Å²) < 4.78 is 0. The number of nitrogens with one attached hydrogen (secondary N) is 1. The van der Waals surface area contributed by atoms with Crippen molar-refractivity contribution in [1.29, 1.82) is 0 Å². The Bertz CT molecular complexity index is 470. The minimum Gasteiger partial charge on any atom is -0.322 e. The van der Waals surface area contributed by atoms with Gasteiger partial charge in [-0.05, 0) is 18.1 Å². The van der Waals surface area contributed by atoms with E-state index in [1.165, 1.54) is 0 Å². The van der Waals surface area contributed by atoms with Gasteiger partial charge in [-0.2, -0.15) is 15.4 Å². The van der Waals surface area contributed by atoms with Crippen LogP contribution in [0, 0.1) is 0 Å². The van der Waals surface area contributed by atoms with Gasteiger partial charge < -0.3 is 5.73 Å². The number of hydrogen-bond acceptors (Lipinski definition) is 3. The number of nitrogens with zero attached hydrogens (tertiary/aromatic N) is 2. The van der Waals surface area contributed by atoms with Crippen molar-refractivity contribution in [2.24, 2.45) is 5.73 Å². The van der Waals surface area contributed by atoms with Crippen molar-refractivity contribution >= 4 is 23.2 Å². The van der Waals surface area contributed by atoms with Crippen LogP contribution in [0.5, 0.6) is 0 Å². The average molecular weight is 257 g/mol. The molecule has 2 aromatic rings. The number of hydrogen-bond donors (Lipinski definition) is 2. The summed E-state index contributed by atoms with van der Waals surface area (Å²) in [5.74, 6) is 0. The molecule has 0 saturated heterocycles. The zero-order chi connectivity index (χ0) is 11.5. The minimum absolute atomic E-state index is 0.241. The van der Waals surface area contributed by atoms with E-state index in [-0.39, 0.29) is 6.04 Å². The second-order valence-electron chi connectivity index (χ2n) is 3.42. The topological polar surface area (TPSA) is 67.6 Å². The SMILES string of the molecule is NC(Cc1cccc(Cl)c1Cl)c1cn[nH]n1. The number of nitrogens with two attached hydrogens (primary N) is 1. The second kappa shape index (κ2) is 4.82. The first-order valence-electron chi connectivity index (χ1n) is 4.72. The molecular formula is C10H10Cl2N4. The van der Waals surface area contributed by atoms with Crippen molar-refractivity contribution in [3.63, 3.8) is 0 Å². The van der Waals surface area contributed by atoms with E-state index >= 15 is 0 Å². The molecule has 0 radical (unpaired) electrons. The summed E-state index contributed by atoms with van der Waals surface area (Å²) in [6.45, 7) is 0. The molecule has 1 aromatic heterocycles. The maximum absolute atomic E-state index is 6.07. The average Bonchev–Trinajstić information content (AvgIpc) is 2.78. The molecule has 0 fully saturated rings. The number of aromatic nitrogens is 3. The van der Waals surface area contributed by atoms with E-state index in [2.05, 4.69) is 15.4 Å². The van der Waals surface area contributed by atoms with E-state index in [4.69, 9.17) is 28.9 Å². The van der Waals surface area contributed by atoms with E-state index in [1.807, 2.05) is 12.1 Å². The van der Waals surface area contributed by atoms with Crippen LogP contribution in [0.1, 0.15) is 17.3 Å². The van der Waals surface area contributed by atoms with Gasteiger partial charge in [0.05, 0.1) is 28.0 Å². The predicted octanol–water partition coefficient (Wildman–Crippen LogP) is 2.35. The molecule has 1 atom stereocenters. The summed E-state index contributed by atoms with van der Waals surface area (Å²) in [7, 11) is 0. The third-order valence-corrected chi connectivity index (χ3v) is 3.14. The highest BCUT2D eigenvalue weighted by Crippen LogP contribution is 2.27. The van der Waals surface area contributed by atoms with Crippen LogP contribution >= 0.6 is 23.2 Å². The van der Waals surface area contributed by atoms with Gasteiger partial charge in [-0.25, -0.2) is 0 Å². The Labute approximate surface area is 103 Å². The van der Waals surface area contributed by atoms with Crippen LogP contribution in [-0.2, 0) is 6.42 Å². The lowest BCUT2D eigenvalue weighted by atomic mass is 10.0. The van der Waals surface area contributed by atoms with Gasteiger partial charge in [0.2, 0.25) is 0 Å². The van der Waals surface area contributed by atoms with Crippen LogP contribution in [-0.4, -0.2) is 15.4 Å². The Morgan fingerprint density at radius 1 is 1.38 bits per heavy atom. The Kier molecular flexibility index (Phi) is 3.43. The summed E-state index contributed by atoms with van der Waals surface area (Å²) >= 11 is 12.0. The van der Waals surface area contributed by atoms with Crippen LogP contribution in [0.2, 0.25) is 10.0 Å². The fourth-order valence-electron chi connectivity index (χ4n) is 1.44. The van der Waals surface area contributed by atoms with Crippen LogP contribution in [0.4, 0.5) is 0 Å². The van der Waals surface area contributed by atoms with E-state index in [9.17, 15) is 0 Å². The van der Waals surface area contributed by atoms with E-state index in [0.29, 0.717) is 22.2 Å². The zero-order valence-corrected chi connectivity index (χ0v) is 9.83. The third-order valence-electron chi connectivity index (χ3n) is 2.28. The van der Waals surface area contributed by atoms with Gasteiger partial charge in [0.15, 0.2) is 0 Å². The number of aromatic amines is 1. The van der Waals surface area contributed by atoms with E-state index < -0.39 is 0 Å². The fraction of sp³-hybridized carbons (Fsp3) is 0.200. The minimum atomic E-state index is -0.241. The smallest absolute Gasteiger partial charge is 0.0995 e. The summed E-state index contributed by atoms with van der Waals surface area (Å²) in [6, 6.07) is 5.25. The van der Waals surface area contributed by atoms with Gasteiger partial charge in [0, 0.05) is 0 Å². The molecule has 2 rings (SSSR count). The van der Waals surface area contributed by atoms with Crippen molar-refractivity contribution in [2.45, 2.75) is 12.5 Å². The summed E-state index contributed by atoms with van der Waals surface area (Å²) in [6.07, 6.45) is 2.18. The lowest BCUT2D eigenvalue weighted by Gasteiger charge is -2.10. The first kappa shape index (κ1) is 11.4. The standard InChI is InChI=1S/C10H10Cl2N4/c11-7-3-1-2-6(10(7)12)4-8(13)9-5-14-16-15-9/h1-3,5,8H,4,13H2,(H,14,15,16). The van der Waals surface area contributed by atoms with E-state index in [0.717, 1.165) is 5.56 Å². The molecule has 0 spiro atoms. The Balaban J connectivity index is 2.18. The zero-order valence-electron chi connectivity index (χ0n) is 8.32. The van der Waals surface area contributed by atoms with Gasteiger partial charge in [-0.1, -0.05) is 35.3 Å². The molecule has 0 bridgehead atoms. The molecule has 1 unspecified atom stereocenters. The molecule has 0 aliphatic carbocycles. The number of halogens is 2. The summed E-state index contributed by atoms with van der Waals surface area (Å²) in [5, 5.41) is 11.2. The molecule has 84 valence electrons. The molecule has 3 N–H and O–H groups in total. The normalized spacial score (nSPS) is 12.7. The number of rotatable bonds is 3. The number of benzene rings is 1. The van der Waals surface area contributed by atoms with Gasteiger partial charge >= 0.3 is 0 Å². The largest absolute Gasteiger partial charge is 0.322 e. The predicted molar refractivity (Wildman–Crippen MR) is 63.5 cm³/mol. The number of H-pyrrole nitrogens is 1. The van der Waals surface area contributed by atoms with Crippen LogP contribution < -0.4 is 5.73 Å². The molecule has 0 aliphatic heterocycles. The van der Waals surface area contributed by atoms with Gasteiger partial charge in [0.25, 0.3) is 0 Å².